The first-order valence-electron chi connectivity index (χ1n) is 5.32. The van der Waals surface area contributed by atoms with E-state index in [0.29, 0.717) is 24.0 Å². The summed E-state index contributed by atoms with van der Waals surface area (Å²) in [5.41, 5.74) is 1.82. The van der Waals surface area contributed by atoms with E-state index in [1.165, 1.54) is 0 Å². The maximum atomic E-state index is 11.4. The molecule has 0 radical (unpaired) electrons. The molecular formula is C11H13Cl2NO2S. The number of alkyl halides is 1. The fraction of sp³-hybridized carbons (Fsp3) is 0.455. The Morgan fingerprint density at radius 1 is 1.24 bits per heavy atom. The summed E-state index contributed by atoms with van der Waals surface area (Å²) in [5, 5.41) is 0.627. The van der Waals surface area contributed by atoms with Gasteiger partial charge in [0.05, 0.1) is 22.2 Å². The minimum absolute atomic E-state index is 0.181. The first-order chi connectivity index (χ1) is 8.03. The molecule has 1 aliphatic rings. The summed E-state index contributed by atoms with van der Waals surface area (Å²) in [5.74, 6) is 0.735. The van der Waals surface area contributed by atoms with Crippen LogP contribution in [-0.2, 0) is 15.7 Å². The highest BCUT2D eigenvalue weighted by atomic mass is 35.5. The second-order valence-electron chi connectivity index (χ2n) is 4.02. The van der Waals surface area contributed by atoms with Gasteiger partial charge in [0.2, 0.25) is 0 Å². The molecule has 94 valence electrons. The summed E-state index contributed by atoms with van der Waals surface area (Å²) in [6.07, 6.45) is 0. The number of anilines is 1. The molecule has 0 aromatic heterocycles. The van der Waals surface area contributed by atoms with Gasteiger partial charge in [-0.05, 0) is 11.6 Å². The Bertz CT molecular complexity index is 502. The van der Waals surface area contributed by atoms with Crippen molar-refractivity contribution in [1.29, 1.82) is 0 Å². The van der Waals surface area contributed by atoms with Crippen LogP contribution in [-0.4, -0.2) is 33.0 Å². The normalized spacial score (nSPS) is 19.3. The molecule has 1 aromatic rings. The Labute approximate surface area is 111 Å². The van der Waals surface area contributed by atoms with E-state index >= 15 is 0 Å². The molecule has 17 heavy (non-hydrogen) atoms. The second kappa shape index (κ2) is 5.04. The van der Waals surface area contributed by atoms with Crippen molar-refractivity contribution in [2.75, 3.05) is 29.5 Å². The number of halogens is 2. The van der Waals surface area contributed by atoms with Gasteiger partial charge in [0.25, 0.3) is 0 Å². The highest BCUT2D eigenvalue weighted by Crippen LogP contribution is 2.31. The molecule has 0 spiro atoms. The summed E-state index contributed by atoms with van der Waals surface area (Å²) >= 11 is 12.0. The van der Waals surface area contributed by atoms with Crippen molar-refractivity contribution >= 4 is 38.7 Å². The van der Waals surface area contributed by atoms with Gasteiger partial charge in [0.1, 0.15) is 0 Å². The number of para-hydroxylation sites is 1. The van der Waals surface area contributed by atoms with Crippen LogP contribution in [0.3, 0.4) is 0 Å². The van der Waals surface area contributed by atoms with E-state index < -0.39 is 9.84 Å². The van der Waals surface area contributed by atoms with E-state index in [4.69, 9.17) is 23.2 Å². The van der Waals surface area contributed by atoms with Crippen LogP contribution in [0.25, 0.3) is 0 Å². The molecule has 1 fully saturated rings. The fourth-order valence-corrected chi connectivity index (χ4v) is 3.69. The predicted molar refractivity (Wildman–Crippen MR) is 71.9 cm³/mol. The van der Waals surface area contributed by atoms with Crippen LogP contribution in [0.5, 0.6) is 0 Å². The number of hydrogen-bond donors (Lipinski definition) is 0. The zero-order valence-corrected chi connectivity index (χ0v) is 11.5. The standard InChI is InChI=1S/C11H13Cl2NO2S/c12-8-9-2-1-3-10(13)11(9)14-4-6-17(15,16)7-5-14/h1-3H,4-8H2. The molecule has 0 unspecified atom stereocenters. The Morgan fingerprint density at radius 3 is 2.47 bits per heavy atom. The maximum absolute atomic E-state index is 11.4. The van der Waals surface area contributed by atoms with Gasteiger partial charge in [-0.2, -0.15) is 0 Å². The lowest BCUT2D eigenvalue weighted by atomic mass is 10.2. The second-order valence-corrected chi connectivity index (χ2v) is 7.00. The van der Waals surface area contributed by atoms with Crippen molar-refractivity contribution in [1.82, 2.24) is 0 Å². The quantitative estimate of drug-likeness (QED) is 0.786. The minimum atomic E-state index is -2.87. The van der Waals surface area contributed by atoms with Crippen LogP contribution in [0, 0.1) is 0 Å². The number of nitrogens with zero attached hydrogens (tertiary/aromatic N) is 1. The molecule has 0 N–H and O–H groups in total. The van der Waals surface area contributed by atoms with Gasteiger partial charge in [0.15, 0.2) is 9.84 Å². The van der Waals surface area contributed by atoms with Crippen molar-refractivity contribution in [3.63, 3.8) is 0 Å². The average Bonchev–Trinajstić information content (AvgIpc) is 2.29. The smallest absolute Gasteiger partial charge is 0.153 e. The fourth-order valence-electron chi connectivity index (χ4n) is 1.96. The molecular weight excluding hydrogens is 281 g/mol. The van der Waals surface area contributed by atoms with Crippen LogP contribution in [0.4, 0.5) is 5.69 Å². The molecule has 0 saturated carbocycles. The topological polar surface area (TPSA) is 37.4 Å². The third-order valence-corrected chi connectivity index (χ3v) is 5.08. The third kappa shape index (κ3) is 2.87. The van der Waals surface area contributed by atoms with Gasteiger partial charge in [-0.1, -0.05) is 23.7 Å². The number of rotatable bonds is 2. The van der Waals surface area contributed by atoms with Gasteiger partial charge in [-0.3, -0.25) is 0 Å². The van der Waals surface area contributed by atoms with E-state index in [0.717, 1.165) is 11.3 Å². The Morgan fingerprint density at radius 2 is 1.88 bits per heavy atom. The minimum Gasteiger partial charge on any atom is -0.368 e. The molecule has 0 atom stereocenters. The molecule has 1 heterocycles. The van der Waals surface area contributed by atoms with Gasteiger partial charge >= 0.3 is 0 Å². The number of sulfone groups is 1. The molecule has 2 rings (SSSR count). The van der Waals surface area contributed by atoms with Gasteiger partial charge in [-0.15, -0.1) is 11.6 Å². The average molecular weight is 294 g/mol. The lowest BCUT2D eigenvalue weighted by Gasteiger charge is -2.31. The van der Waals surface area contributed by atoms with Gasteiger partial charge in [-0.25, -0.2) is 8.42 Å². The van der Waals surface area contributed by atoms with Crippen molar-refractivity contribution in [2.24, 2.45) is 0 Å². The van der Waals surface area contributed by atoms with Crippen LogP contribution >= 0.6 is 23.2 Å². The summed E-state index contributed by atoms with van der Waals surface area (Å²) in [4.78, 5) is 2.00. The van der Waals surface area contributed by atoms with Crippen molar-refractivity contribution in [3.05, 3.63) is 28.8 Å². The Kier molecular flexibility index (Phi) is 3.85. The molecule has 1 aliphatic heterocycles. The zero-order chi connectivity index (χ0) is 12.5. The van der Waals surface area contributed by atoms with E-state index in [-0.39, 0.29) is 11.5 Å². The lowest BCUT2D eigenvalue weighted by Crippen LogP contribution is -2.40. The Balaban J connectivity index is 2.29. The Hall–Kier alpha value is -0.450. The van der Waals surface area contributed by atoms with Crippen LogP contribution in [0.15, 0.2) is 18.2 Å². The molecule has 0 aliphatic carbocycles. The van der Waals surface area contributed by atoms with E-state index in [1.54, 1.807) is 6.07 Å². The van der Waals surface area contributed by atoms with E-state index in [1.807, 2.05) is 17.0 Å². The SMILES string of the molecule is O=S1(=O)CCN(c2c(Cl)cccc2CCl)CC1. The van der Waals surface area contributed by atoms with Crippen molar-refractivity contribution < 1.29 is 8.42 Å². The van der Waals surface area contributed by atoms with Crippen molar-refractivity contribution in [2.45, 2.75) is 5.88 Å². The number of benzene rings is 1. The molecule has 1 saturated heterocycles. The molecule has 6 heteroatoms. The monoisotopic (exact) mass is 293 g/mol. The van der Waals surface area contributed by atoms with Crippen LogP contribution < -0.4 is 4.90 Å². The highest BCUT2D eigenvalue weighted by Gasteiger charge is 2.24. The van der Waals surface area contributed by atoms with Crippen LogP contribution in [0.1, 0.15) is 5.56 Å². The third-order valence-electron chi connectivity index (χ3n) is 2.87. The maximum Gasteiger partial charge on any atom is 0.153 e. The first kappa shape index (κ1) is 13.0. The van der Waals surface area contributed by atoms with E-state index in [2.05, 4.69) is 0 Å². The summed E-state index contributed by atoms with van der Waals surface area (Å²) in [6.45, 7) is 0.964. The molecule has 0 bridgehead atoms. The summed E-state index contributed by atoms with van der Waals surface area (Å²) in [6, 6.07) is 5.57. The molecule has 3 nitrogen and oxygen atoms in total. The first-order valence-corrected chi connectivity index (χ1v) is 8.05. The van der Waals surface area contributed by atoms with E-state index in [9.17, 15) is 8.42 Å². The summed E-state index contributed by atoms with van der Waals surface area (Å²) < 4.78 is 22.8. The molecule has 0 amide bonds. The largest absolute Gasteiger partial charge is 0.368 e. The lowest BCUT2D eigenvalue weighted by molar-refractivity contribution is 0.586. The van der Waals surface area contributed by atoms with Gasteiger partial charge < -0.3 is 4.90 Å². The van der Waals surface area contributed by atoms with Crippen molar-refractivity contribution in [3.8, 4) is 0 Å². The predicted octanol–water partition coefficient (Wildman–Crippen LogP) is 2.31. The zero-order valence-electron chi connectivity index (χ0n) is 9.20. The highest BCUT2D eigenvalue weighted by molar-refractivity contribution is 7.91. The van der Waals surface area contributed by atoms with Crippen LogP contribution in [0.2, 0.25) is 5.02 Å². The van der Waals surface area contributed by atoms with Gasteiger partial charge in [0, 0.05) is 19.0 Å². The summed E-state index contributed by atoms with van der Waals surface area (Å²) in [7, 11) is -2.87. The number of hydrogen-bond acceptors (Lipinski definition) is 3. The molecule has 1 aromatic carbocycles.